The number of ether oxygens (including phenoxy) is 2. The average Bonchev–Trinajstić information content (AvgIpc) is 3.50. The van der Waals surface area contributed by atoms with Gasteiger partial charge in [-0.05, 0) is 63.1 Å². The normalized spacial score (nSPS) is 16.6. The van der Waals surface area contributed by atoms with E-state index in [9.17, 15) is 4.79 Å². The molecule has 47 heavy (non-hydrogen) atoms. The summed E-state index contributed by atoms with van der Waals surface area (Å²) in [6, 6.07) is 31.6. The van der Waals surface area contributed by atoms with Gasteiger partial charge < -0.3 is 19.9 Å². The Hall–Kier alpha value is -5.80. The Morgan fingerprint density at radius 3 is 2.21 bits per heavy atom. The molecule has 5 rings (SSSR count). The monoisotopic (exact) mass is 630 g/mol. The lowest BCUT2D eigenvalue weighted by Gasteiger charge is -2.32. The maximum atomic E-state index is 14.7. The minimum absolute atomic E-state index is 0.0334. The van der Waals surface area contributed by atoms with E-state index in [-0.39, 0.29) is 44.5 Å². The van der Waals surface area contributed by atoms with Crippen molar-refractivity contribution in [3.05, 3.63) is 157 Å². The largest absolute Gasteiger partial charge is 0.494 e. The predicted octanol–water partition coefficient (Wildman–Crippen LogP) is 6.88. The first-order valence-corrected chi connectivity index (χ1v) is 15.2. The molecule has 2 N–H and O–H groups in total. The Labute approximate surface area is 272 Å². The van der Waals surface area contributed by atoms with Crippen molar-refractivity contribution in [3.8, 4) is 5.75 Å². The molecule has 1 heterocycles. The van der Waals surface area contributed by atoms with E-state index in [4.69, 9.17) is 30.6 Å². The van der Waals surface area contributed by atoms with Gasteiger partial charge in [-0.2, -0.15) is 0 Å². The molecule has 1 aliphatic rings. The third-order valence-electron chi connectivity index (χ3n) is 7.85. The Morgan fingerprint density at radius 2 is 1.51 bits per heavy atom. The van der Waals surface area contributed by atoms with Crippen LogP contribution >= 0.6 is 0 Å². The van der Waals surface area contributed by atoms with Crippen molar-refractivity contribution in [2.45, 2.75) is 44.1 Å². The van der Waals surface area contributed by atoms with Crippen molar-refractivity contribution in [1.82, 2.24) is 5.32 Å². The van der Waals surface area contributed by atoms with Crippen molar-refractivity contribution in [3.63, 3.8) is 0 Å². The maximum absolute atomic E-state index is 14.7. The standard InChI is InChI=1S/C35H34N8O4/c36-42-39-23-28-12-5-4-11-27(28)21-35(34(45)38-22-25-9-2-1-3-10-25)32(31-14-7-6-13-29(31)24-40-43-37)47-33(41-35)26-15-17-30(18-16-26)46-20-8-19-44/h1-7,9-18,32,44H,8,19-24H2,(H,38,45)/t32-,35-/m1/s1. The van der Waals surface area contributed by atoms with Crippen molar-refractivity contribution in [2.75, 3.05) is 13.2 Å². The molecule has 4 aromatic carbocycles. The Balaban J connectivity index is 1.64. The van der Waals surface area contributed by atoms with Crippen molar-refractivity contribution in [2.24, 2.45) is 15.2 Å². The molecule has 0 saturated carbocycles. The molecule has 12 heteroatoms. The zero-order valence-electron chi connectivity index (χ0n) is 25.6. The first-order valence-electron chi connectivity index (χ1n) is 15.2. The molecule has 2 atom stereocenters. The first-order chi connectivity index (χ1) is 23.1. The van der Waals surface area contributed by atoms with Crippen LogP contribution in [0.25, 0.3) is 20.9 Å². The molecule has 0 unspecified atom stereocenters. The minimum Gasteiger partial charge on any atom is -0.494 e. The number of carbonyl (C=O) groups is 1. The topological polar surface area (TPSA) is 178 Å². The van der Waals surface area contributed by atoms with Crippen LogP contribution in [0.15, 0.2) is 118 Å². The Morgan fingerprint density at radius 1 is 0.872 bits per heavy atom. The zero-order valence-corrected chi connectivity index (χ0v) is 25.6. The third-order valence-corrected chi connectivity index (χ3v) is 7.85. The number of azide groups is 2. The maximum Gasteiger partial charge on any atom is 0.252 e. The molecule has 0 radical (unpaired) electrons. The average molecular weight is 631 g/mol. The van der Waals surface area contributed by atoms with Gasteiger partial charge in [0.05, 0.1) is 19.7 Å². The van der Waals surface area contributed by atoms with Gasteiger partial charge in [0, 0.05) is 41.4 Å². The molecule has 4 aromatic rings. The van der Waals surface area contributed by atoms with Crippen LogP contribution in [0.4, 0.5) is 0 Å². The smallest absolute Gasteiger partial charge is 0.252 e. The zero-order chi connectivity index (χ0) is 32.9. The second-order valence-electron chi connectivity index (χ2n) is 10.9. The lowest BCUT2D eigenvalue weighted by atomic mass is 9.79. The van der Waals surface area contributed by atoms with Crippen LogP contribution in [0.5, 0.6) is 5.75 Å². The SMILES string of the molecule is [N-]=[N+]=NCc1ccccc1C[C@@]1(C(=O)NCc2ccccc2)N=C(c2ccc(OCCCO)cc2)O[C@@H]1c1ccccc1CN=[N+]=[N-]. The molecule has 12 nitrogen and oxygen atoms in total. The first kappa shape index (κ1) is 32.6. The van der Waals surface area contributed by atoms with Gasteiger partial charge in [-0.3, -0.25) is 4.79 Å². The van der Waals surface area contributed by atoms with Gasteiger partial charge in [-0.25, -0.2) is 4.99 Å². The number of hydrogen-bond acceptors (Lipinski definition) is 7. The summed E-state index contributed by atoms with van der Waals surface area (Å²) in [7, 11) is 0. The summed E-state index contributed by atoms with van der Waals surface area (Å²) in [6.07, 6.45) is -0.278. The summed E-state index contributed by atoms with van der Waals surface area (Å²) >= 11 is 0. The van der Waals surface area contributed by atoms with Gasteiger partial charge in [0.1, 0.15) is 5.75 Å². The summed E-state index contributed by atoms with van der Waals surface area (Å²) < 4.78 is 12.4. The third kappa shape index (κ3) is 7.89. The van der Waals surface area contributed by atoms with Gasteiger partial charge in [0.15, 0.2) is 11.6 Å². The Kier molecular flexibility index (Phi) is 11.1. The van der Waals surface area contributed by atoms with Crippen LogP contribution in [-0.4, -0.2) is 35.7 Å². The van der Waals surface area contributed by atoms with E-state index in [1.807, 2.05) is 91.0 Å². The number of aliphatic imine (C=N–C) groups is 1. The van der Waals surface area contributed by atoms with Gasteiger partial charge in [-0.1, -0.05) is 89.1 Å². The number of aliphatic hydroxyl groups excluding tert-OH is 1. The van der Waals surface area contributed by atoms with Gasteiger partial charge in [0.25, 0.3) is 5.91 Å². The fourth-order valence-electron chi connectivity index (χ4n) is 5.51. The number of carbonyl (C=O) groups excluding carboxylic acids is 1. The highest BCUT2D eigenvalue weighted by Crippen LogP contribution is 2.44. The molecule has 0 bridgehead atoms. The van der Waals surface area contributed by atoms with Gasteiger partial charge in [-0.15, -0.1) is 0 Å². The lowest BCUT2D eigenvalue weighted by Crippen LogP contribution is -2.50. The predicted molar refractivity (Wildman–Crippen MR) is 177 cm³/mol. The highest BCUT2D eigenvalue weighted by Gasteiger charge is 2.54. The fraction of sp³-hybridized carbons (Fsp3) is 0.257. The minimum atomic E-state index is -1.51. The number of benzene rings is 4. The molecule has 1 aliphatic heterocycles. The van der Waals surface area contributed by atoms with E-state index in [0.29, 0.717) is 35.5 Å². The number of rotatable bonds is 15. The summed E-state index contributed by atoms with van der Waals surface area (Å²) in [4.78, 5) is 25.6. The van der Waals surface area contributed by atoms with Gasteiger partial charge in [0.2, 0.25) is 5.90 Å². The van der Waals surface area contributed by atoms with E-state index in [2.05, 4.69) is 25.4 Å². The van der Waals surface area contributed by atoms with Crippen LogP contribution < -0.4 is 10.1 Å². The summed E-state index contributed by atoms with van der Waals surface area (Å²) in [5, 5.41) is 19.8. The number of nitrogens with one attached hydrogen (secondary N) is 1. The molecule has 1 amide bonds. The van der Waals surface area contributed by atoms with Crippen LogP contribution in [0.3, 0.4) is 0 Å². The Bertz CT molecular complexity index is 1800. The second kappa shape index (κ2) is 16.0. The highest BCUT2D eigenvalue weighted by molar-refractivity contribution is 6.01. The van der Waals surface area contributed by atoms with E-state index >= 15 is 0 Å². The molecule has 238 valence electrons. The van der Waals surface area contributed by atoms with Crippen LogP contribution in [0.1, 0.15) is 45.9 Å². The molecule has 0 fully saturated rings. The second-order valence-corrected chi connectivity index (χ2v) is 10.9. The molecule has 0 aromatic heterocycles. The number of amides is 1. The van der Waals surface area contributed by atoms with Crippen LogP contribution in [0, 0.1) is 0 Å². The van der Waals surface area contributed by atoms with Crippen LogP contribution in [0.2, 0.25) is 0 Å². The summed E-state index contributed by atoms with van der Waals surface area (Å²) in [6.45, 7) is 0.821. The number of aliphatic hydroxyl groups is 1. The number of hydrogen-bond donors (Lipinski definition) is 2. The quantitative estimate of drug-likeness (QED) is 0.0629. The highest BCUT2D eigenvalue weighted by atomic mass is 16.5. The summed E-state index contributed by atoms with van der Waals surface area (Å²) in [5.74, 6) is 0.524. The van der Waals surface area contributed by atoms with Crippen molar-refractivity contribution < 1.29 is 19.4 Å². The van der Waals surface area contributed by atoms with E-state index in [1.54, 1.807) is 12.1 Å². The molecule has 0 spiro atoms. The molecule has 0 saturated heterocycles. The van der Waals surface area contributed by atoms with Crippen molar-refractivity contribution >= 4 is 11.8 Å². The van der Waals surface area contributed by atoms with Gasteiger partial charge >= 0.3 is 0 Å². The molecular weight excluding hydrogens is 596 g/mol. The van der Waals surface area contributed by atoms with Crippen LogP contribution in [-0.2, 0) is 35.6 Å². The summed E-state index contributed by atoms with van der Waals surface area (Å²) in [5.41, 5.74) is 21.1. The molecular formula is C35H34N8O4. The fourth-order valence-corrected chi connectivity index (χ4v) is 5.51. The van der Waals surface area contributed by atoms with E-state index in [0.717, 1.165) is 16.7 Å². The molecule has 0 aliphatic carbocycles. The van der Waals surface area contributed by atoms with E-state index in [1.165, 1.54) is 0 Å². The van der Waals surface area contributed by atoms with Crippen molar-refractivity contribution in [1.29, 1.82) is 0 Å². The van der Waals surface area contributed by atoms with E-state index < -0.39 is 11.6 Å². The number of nitrogens with zero attached hydrogens (tertiary/aromatic N) is 7. The lowest BCUT2D eigenvalue weighted by molar-refractivity contribution is -0.129.